The molecule has 0 spiro atoms. The Labute approximate surface area is 138 Å². The maximum absolute atomic E-state index is 13.1. The smallest absolute Gasteiger partial charge is 0.258 e. The van der Waals surface area contributed by atoms with E-state index >= 15 is 0 Å². The summed E-state index contributed by atoms with van der Waals surface area (Å²) in [5.74, 6) is 0.984. The number of nitrogens with zero attached hydrogens (tertiary/aromatic N) is 1. The molecule has 3 nitrogen and oxygen atoms in total. The Hall–Kier alpha value is -2.55. The van der Waals surface area contributed by atoms with Gasteiger partial charge < -0.3 is 9.64 Å². The molecule has 0 aliphatic rings. The largest absolute Gasteiger partial charge is 0.497 e. The summed E-state index contributed by atoms with van der Waals surface area (Å²) in [5, 5.41) is 0. The van der Waals surface area contributed by atoms with Gasteiger partial charge in [-0.2, -0.15) is 0 Å². The lowest BCUT2D eigenvalue weighted by Crippen LogP contribution is -2.42. The number of carbonyl (C=O) groups is 1. The maximum Gasteiger partial charge on any atom is 0.258 e. The first-order chi connectivity index (χ1) is 11.1. The first-order valence-corrected chi connectivity index (χ1v) is 7.73. The number of rotatable bonds is 6. The van der Waals surface area contributed by atoms with E-state index in [1.165, 1.54) is 0 Å². The van der Waals surface area contributed by atoms with Crippen LogP contribution in [0.15, 0.2) is 67.3 Å². The van der Waals surface area contributed by atoms with Gasteiger partial charge in [-0.15, -0.1) is 6.58 Å². The van der Waals surface area contributed by atoms with Gasteiger partial charge >= 0.3 is 0 Å². The molecule has 2 aromatic carbocycles. The van der Waals surface area contributed by atoms with Gasteiger partial charge in [-0.05, 0) is 42.3 Å². The highest BCUT2D eigenvalue weighted by Gasteiger charge is 2.26. The Kier molecular flexibility index (Phi) is 5.58. The zero-order valence-electron chi connectivity index (χ0n) is 13.9. The molecule has 0 fully saturated rings. The topological polar surface area (TPSA) is 29.5 Å². The highest BCUT2D eigenvalue weighted by Crippen LogP contribution is 2.26. The molecule has 0 saturated heterocycles. The molecule has 1 atom stereocenters. The normalized spacial score (nSPS) is 11.8. The van der Waals surface area contributed by atoms with Crippen molar-refractivity contribution in [2.75, 3.05) is 12.0 Å². The third-order valence-electron chi connectivity index (χ3n) is 3.81. The third-order valence-corrected chi connectivity index (χ3v) is 3.81. The quantitative estimate of drug-likeness (QED) is 0.732. The minimum atomic E-state index is -0.0869. The maximum atomic E-state index is 13.1. The van der Waals surface area contributed by atoms with Gasteiger partial charge in [-0.1, -0.05) is 38.1 Å². The van der Waals surface area contributed by atoms with Crippen LogP contribution in [0.3, 0.4) is 0 Å². The predicted molar refractivity (Wildman–Crippen MR) is 95.1 cm³/mol. The molecule has 3 heteroatoms. The van der Waals surface area contributed by atoms with Crippen molar-refractivity contribution in [2.24, 2.45) is 5.92 Å². The van der Waals surface area contributed by atoms with E-state index in [1.807, 2.05) is 60.7 Å². The lowest BCUT2D eigenvalue weighted by atomic mass is 10.0. The fourth-order valence-corrected chi connectivity index (χ4v) is 2.56. The Morgan fingerprint density at radius 2 is 1.70 bits per heavy atom. The van der Waals surface area contributed by atoms with E-state index < -0.39 is 0 Å². The molecular weight excluding hydrogens is 286 g/mol. The molecule has 0 aromatic heterocycles. The van der Waals surface area contributed by atoms with Crippen molar-refractivity contribution in [3.05, 3.63) is 72.8 Å². The molecule has 0 aliphatic carbocycles. The molecular formula is C20H23NO2. The fraction of sp³-hybridized carbons (Fsp3) is 0.250. The summed E-state index contributed by atoms with van der Waals surface area (Å²) >= 11 is 0. The van der Waals surface area contributed by atoms with Crippen molar-refractivity contribution in [2.45, 2.75) is 19.9 Å². The summed E-state index contributed by atoms with van der Waals surface area (Å²) in [6, 6.07) is 16.8. The van der Waals surface area contributed by atoms with Crippen LogP contribution in [-0.2, 0) is 0 Å². The van der Waals surface area contributed by atoms with Crippen molar-refractivity contribution in [1.82, 2.24) is 0 Å². The Bertz CT molecular complexity index is 647. The average molecular weight is 309 g/mol. The minimum Gasteiger partial charge on any atom is -0.497 e. The van der Waals surface area contributed by atoms with Crippen LogP contribution < -0.4 is 9.64 Å². The van der Waals surface area contributed by atoms with Gasteiger partial charge in [0.25, 0.3) is 5.91 Å². The first kappa shape index (κ1) is 16.8. The summed E-state index contributed by atoms with van der Waals surface area (Å²) in [5.41, 5.74) is 1.49. The highest BCUT2D eigenvalue weighted by atomic mass is 16.5. The average Bonchev–Trinajstić information content (AvgIpc) is 2.59. The zero-order valence-corrected chi connectivity index (χ0v) is 13.9. The number of hydrogen-bond donors (Lipinski definition) is 0. The zero-order chi connectivity index (χ0) is 16.8. The predicted octanol–water partition coefficient (Wildman–Crippen LogP) is 4.55. The lowest BCUT2D eigenvalue weighted by Gasteiger charge is -2.32. The molecule has 0 bridgehead atoms. The number of carbonyl (C=O) groups excluding carboxylic acids is 1. The molecule has 2 rings (SSSR count). The molecule has 0 radical (unpaired) electrons. The molecule has 0 N–H and O–H groups in total. The van der Waals surface area contributed by atoms with Crippen molar-refractivity contribution in [1.29, 1.82) is 0 Å². The second kappa shape index (κ2) is 7.63. The van der Waals surface area contributed by atoms with Crippen LogP contribution in [0, 0.1) is 5.92 Å². The van der Waals surface area contributed by atoms with Crippen molar-refractivity contribution >= 4 is 11.6 Å². The summed E-state index contributed by atoms with van der Waals surface area (Å²) in [7, 11) is 1.63. The van der Waals surface area contributed by atoms with Crippen molar-refractivity contribution in [3.8, 4) is 5.75 Å². The van der Waals surface area contributed by atoms with Gasteiger partial charge in [0.05, 0.1) is 13.2 Å². The van der Waals surface area contributed by atoms with E-state index in [2.05, 4.69) is 20.4 Å². The monoisotopic (exact) mass is 309 g/mol. The standard InChI is InChI=1S/C20H23NO2/c1-5-19(15(2)3)21(17-11-13-18(23-4)14-12-17)20(22)16-9-7-6-8-10-16/h5-15,19H,1H2,2-4H3. The highest BCUT2D eigenvalue weighted by molar-refractivity contribution is 6.06. The number of amides is 1. The second-order valence-electron chi connectivity index (χ2n) is 5.71. The molecule has 2 aromatic rings. The van der Waals surface area contributed by atoms with Crippen LogP contribution in [0.25, 0.3) is 0 Å². The van der Waals surface area contributed by atoms with Crippen LogP contribution in [0.1, 0.15) is 24.2 Å². The number of methoxy groups -OCH3 is 1. The molecule has 1 unspecified atom stereocenters. The van der Waals surface area contributed by atoms with Gasteiger partial charge in [-0.25, -0.2) is 0 Å². The van der Waals surface area contributed by atoms with Gasteiger partial charge in [0, 0.05) is 11.3 Å². The van der Waals surface area contributed by atoms with E-state index in [0.717, 1.165) is 11.4 Å². The summed E-state index contributed by atoms with van der Waals surface area (Å²) < 4.78 is 5.20. The van der Waals surface area contributed by atoms with Gasteiger partial charge in [0.15, 0.2) is 0 Å². The van der Waals surface area contributed by atoms with E-state index in [0.29, 0.717) is 5.56 Å². The molecule has 0 saturated carbocycles. The van der Waals surface area contributed by atoms with Crippen LogP contribution >= 0.6 is 0 Å². The van der Waals surface area contributed by atoms with Crippen LogP contribution in [0.2, 0.25) is 0 Å². The van der Waals surface area contributed by atoms with E-state index in [1.54, 1.807) is 12.0 Å². The SMILES string of the molecule is C=CC(C(C)C)N(C(=O)c1ccccc1)c1ccc(OC)cc1. The lowest BCUT2D eigenvalue weighted by molar-refractivity contribution is 0.0976. The summed E-state index contributed by atoms with van der Waals surface area (Å²) in [6.45, 7) is 8.09. The van der Waals surface area contributed by atoms with Crippen LogP contribution in [0.4, 0.5) is 5.69 Å². The number of ether oxygens (including phenoxy) is 1. The Morgan fingerprint density at radius 3 is 2.17 bits per heavy atom. The van der Waals surface area contributed by atoms with E-state index in [4.69, 9.17) is 4.74 Å². The first-order valence-electron chi connectivity index (χ1n) is 7.73. The molecule has 120 valence electrons. The van der Waals surface area contributed by atoms with Crippen LogP contribution in [-0.4, -0.2) is 19.1 Å². The molecule has 1 amide bonds. The summed E-state index contributed by atoms with van der Waals surface area (Å²) in [6.07, 6.45) is 1.83. The van der Waals surface area contributed by atoms with E-state index in [-0.39, 0.29) is 17.9 Å². The minimum absolute atomic E-state index is 0.0330. The molecule has 23 heavy (non-hydrogen) atoms. The Morgan fingerprint density at radius 1 is 1.09 bits per heavy atom. The van der Waals surface area contributed by atoms with Gasteiger partial charge in [-0.3, -0.25) is 4.79 Å². The number of benzene rings is 2. The van der Waals surface area contributed by atoms with Gasteiger partial charge in [0.2, 0.25) is 0 Å². The van der Waals surface area contributed by atoms with Crippen LogP contribution in [0.5, 0.6) is 5.75 Å². The number of hydrogen-bond acceptors (Lipinski definition) is 2. The number of anilines is 1. The van der Waals surface area contributed by atoms with Crippen molar-refractivity contribution < 1.29 is 9.53 Å². The van der Waals surface area contributed by atoms with Crippen molar-refractivity contribution in [3.63, 3.8) is 0 Å². The van der Waals surface area contributed by atoms with E-state index in [9.17, 15) is 4.79 Å². The molecule has 0 aliphatic heterocycles. The Balaban J connectivity index is 2.46. The fourth-order valence-electron chi connectivity index (χ4n) is 2.56. The molecule has 0 heterocycles. The second-order valence-corrected chi connectivity index (χ2v) is 5.71. The summed E-state index contributed by atoms with van der Waals surface area (Å²) in [4.78, 5) is 14.8. The third kappa shape index (κ3) is 3.81. The van der Waals surface area contributed by atoms with Gasteiger partial charge in [0.1, 0.15) is 5.75 Å².